The van der Waals surface area contributed by atoms with E-state index in [-0.39, 0.29) is 18.4 Å². The highest BCUT2D eigenvalue weighted by Crippen LogP contribution is 2.26. The van der Waals surface area contributed by atoms with Gasteiger partial charge in [-0.3, -0.25) is 9.59 Å². The third kappa shape index (κ3) is 5.99. The first-order valence-electron chi connectivity index (χ1n) is 8.28. The summed E-state index contributed by atoms with van der Waals surface area (Å²) in [4.78, 5) is 26.4. The SMILES string of the molecule is CCCC(=O)N(Cc1c(Cl)cccc1Cl)C(C)C(=O)NCC(C)C. The van der Waals surface area contributed by atoms with Crippen molar-refractivity contribution < 1.29 is 9.59 Å². The van der Waals surface area contributed by atoms with Crippen LogP contribution in [0.4, 0.5) is 0 Å². The maximum absolute atomic E-state index is 12.5. The fraction of sp³-hybridized carbons (Fsp3) is 0.556. The number of rotatable bonds is 8. The van der Waals surface area contributed by atoms with Crippen LogP contribution in [0.5, 0.6) is 0 Å². The zero-order valence-electron chi connectivity index (χ0n) is 14.7. The monoisotopic (exact) mass is 372 g/mol. The molecule has 0 aliphatic carbocycles. The summed E-state index contributed by atoms with van der Waals surface area (Å²) in [5.74, 6) is 0.0935. The quantitative estimate of drug-likeness (QED) is 0.739. The molecule has 1 unspecified atom stereocenters. The van der Waals surface area contributed by atoms with Crippen molar-refractivity contribution in [1.82, 2.24) is 10.2 Å². The predicted molar refractivity (Wildman–Crippen MR) is 99.2 cm³/mol. The normalized spacial score (nSPS) is 12.1. The van der Waals surface area contributed by atoms with Crippen molar-refractivity contribution in [2.24, 2.45) is 5.92 Å². The van der Waals surface area contributed by atoms with E-state index in [1.165, 1.54) is 0 Å². The number of benzene rings is 1. The number of nitrogens with zero attached hydrogens (tertiary/aromatic N) is 1. The smallest absolute Gasteiger partial charge is 0.242 e. The lowest BCUT2D eigenvalue weighted by molar-refractivity contribution is -0.140. The number of halogens is 2. The van der Waals surface area contributed by atoms with Gasteiger partial charge in [0.25, 0.3) is 0 Å². The highest BCUT2D eigenvalue weighted by molar-refractivity contribution is 6.36. The van der Waals surface area contributed by atoms with Crippen LogP contribution in [-0.4, -0.2) is 29.3 Å². The maximum Gasteiger partial charge on any atom is 0.242 e. The predicted octanol–water partition coefficient (Wildman–Crippen LogP) is 4.28. The fourth-order valence-electron chi connectivity index (χ4n) is 2.25. The first-order chi connectivity index (χ1) is 11.3. The molecule has 1 aromatic rings. The third-order valence-electron chi connectivity index (χ3n) is 3.71. The number of hydrogen-bond donors (Lipinski definition) is 1. The lowest BCUT2D eigenvalue weighted by Crippen LogP contribution is -2.48. The molecule has 0 saturated carbocycles. The topological polar surface area (TPSA) is 49.4 Å². The van der Waals surface area contributed by atoms with Gasteiger partial charge in [-0.25, -0.2) is 0 Å². The van der Waals surface area contributed by atoms with Crippen LogP contribution in [0.2, 0.25) is 10.0 Å². The molecule has 1 atom stereocenters. The van der Waals surface area contributed by atoms with Gasteiger partial charge in [0, 0.05) is 35.1 Å². The molecule has 6 heteroatoms. The van der Waals surface area contributed by atoms with Crippen LogP contribution in [0.3, 0.4) is 0 Å². The minimum Gasteiger partial charge on any atom is -0.354 e. The Hall–Kier alpha value is -1.26. The van der Waals surface area contributed by atoms with Crippen LogP contribution in [-0.2, 0) is 16.1 Å². The van der Waals surface area contributed by atoms with E-state index in [1.807, 2.05) is 20.8 Å². The summed E-state index contributed by atoms with van der Waals surface area (Å²) in [6.45, 7) is 8.50. The molecule has 0 spiro atoms. The van der Waals surface area contributed by atoms with E-state index >= 15 is 0 Å². The Morgan fingerprint density at radius 2 is 1.75 bits per heavy atom. The van der Waals surface area contributed by atoms with E-state index in [9.17, 15) is 9.59 Å². The van der Waals surface area contributed by atoms with Gasteiger partial charge in [0.1, 0.15) is 6.04 Å². The molecule has 0 saturated heterocycles. The van der Waals surface area contributed by atoms with Crippen LogP contribution in [0.15, 0.2) is 18.2 Å². The molecule has 24 heavy (non-hydrogen) atoms. The van der Waals surface area contributed by atoms with Crippen molar-refractivity contribution in [3.63, 3.8) is 0 Å². The van der Waals surface area contributed by atoms with Gasteiger partial charge in [0.15, 0.2) is 0 Å². The van der Waals surface area contributed by atoms with Gasteiger partial charge in [0.2, 0.25) is 11.8 Å². The molecule has 0 radical (unpaired) electrons. The lowest BCUT2D eigenvalue weighted by Gasteiger charge is -2.29. The molecule has 0 fully saturated rings. The van der Waals surface area contributed by atoms with E-state index in [1.54, 1.807) is 30.0 Å². The average Bonchev–Trinajstić information content (AvgIpc) is 2.51. The third-order valence-corrected chi connectivity index (χ3v) is 4.41. The zero-order valence-corrected chi connectivity index (χ0v) is 16.2. The van der Waals surface area contributed by atoms with Crippen molar-refractivity contribution in [3.05, 3.63) is 33.8 Å². The average molecular weight is 373 g/mol. The summed E-state index contributed by atoms with van der Waals surface area (Å²) in [6.07, 6.45) is 1.09. The Bertz CT molecular complexity index is 556. The number of hydrogen-bond acceptors (Lipinski definition) is 2. The van der Waals surface area contributed by atoms with Gasteiger partial charge in [-0.15, -0.1) is 0 Å². The Kier molecular flexibility index (Phi) is 8.57. The minimum atomic E-state index is -0.588. The van der Waals surface area contributed by atoms with Crippen molar-refractivity contribution in [3.8, 4) is 0 Å². The summed E-state index contributed by atoms with van der Waals surface area (Å²) >= 11 is 12.4. The molecule has 134 valence electrons. The molecule has 0 aromatic heterocycles. The summed E-state index contributed by atoms with van der Waals surface area (Å²) in [5.41, 5.74) is 0.661. The summed E-state index contributed by atoms with van der Waals surface area (Å²) in [6, 6.07) is 4.63. The van der Waals surface area contributed by atoms with Gasteiger partial charge in [-0.1, -0.05) is 50.0 Å². The lowest BCUT2D eigenvalue weighted by atomic mass is 10.1. The van der Waals surface area contributed by atoms with Crippen LogP contribution < -0.4 is 5.32 Å². The van der Waals surface area contributed by atoms with Gasteiger partial charge >= 0.3 is 0 Å². The molecule has 1 N–H and O–H groups in total. The first kappa shape index (κ1) is 20.8. The van der Waals surface area contributed by atoms with Crippen molar-refractivity contribution in [1.29, 1.82) is 0 Å². The molecule has 0 aliphatic rings. The highest BCUT2D eigenvalue weighted by atomic mass is 35.5. The molecule has 0 aliphatic heterocycles. The van der Waals surface area contributed by atoms with Gasteiger partial charge < -0.3 is 10.2 Å². The molecule has 4 nitrogen and oxygen atoms in total. The van der Waals surface area contributed by atoms with Crippen LogP contribution >= 0.6 is 23.2 Å². The number of carbonyl (C=O) groups is 2. The summed E-state index contributed by atoms with van der Waals surface area (Å²) < 4.78 is 0. The fourth-order valence-corrected chi connectivity index (χ4v) is 2.76. The highest BCUT2D eigenvalue weighted by Gasteiger charge is 2.26. The Balaban J connectivity index is 2.99. The van der Waals surface area contributed by atoms with Crippen LogP contribution in [0, 0.1) is 5.92 Å². The van der Waals surface area contributed by atoms with E-state index in [0.29, 0.717) is 40.9 Å². The van der Waals surface area contributed by atoms with E-state index in [2.05, 4.69) is 5.32 Å². The molecule has 2 amide bonds. The standard InChI is InChI=1S/C18H26Cl2N2O2/c1-5-7-17(23)22(13(4)18(24)21-10-12(2)3)11-14-15(19)8-6-9-16(14)20/h6,8-9,12-13H,5,7,10-11H2,1-4H3,(H,21,24). The van der Waals surface area contributed by atoms with Gasteiger partial charge in [0.05, 0.1) is 0 Å². The van der Waals surface area contributed by atoms with Gasteiger partial charge in [-0.2, -0.15) is 0 Å². The molecular formula is C18H26Cl2N2O2. The van der Waals surface area contributed by atoms with E-state index < -0.39 is 6.04 Å². The maximum atomic E-state index is 12.5. The van der Waals surface area contributed by atoms with Crippen LogP contribution in [0.25, 0.3) is 0 Å². The second kappa shape index (κ2) is 9.90. The van der Waals surface area contributed by atoms with Crippen molar-refractivity contribution >= 4 is 35.0 Å². The zero-order chi connectivity index (χ0) is 18.3. The molecule has 1 aromatic carbocycles. The first-order valence-corrected chi connectivity index (χ1v) is 9.03. The minimum absolute atomic E-state index is 0.0827. The second-order valence-electron chi connectivity index (χ2n) is 6.29. The second-order valence-corrected chi connectivity index (χ2v) is 7.10. The number of nitrogens with one attached hydrogen (secondary N) is 1. The summed E-state index contributed by atoms with van der Waals surface area (Å²) in [7, 11) is 0. The van der Waals surface area contributed by atoms with E-state index in [0.717, 1.165) is 0 Å². The molecule has 1 rings (SSSR count). The Labute approximate surface area is 154 Å². The summed E-state index contributed by atoms with van der Waals surface area (Å²) in [5, 5.41) is 3.86. The van der Waals surface area contributed by atoms with E-state index in [4.69, 9.17) is 23.2 Å². The molecule has 0 bridgehead atoms. The van der Waals surface area contributed by atoms with Gasteiger partial charge in [-0.05, 0) is 31.4 Å². The van der Waals surface area contributed by atoms with Crippen LogP contribution in [0.1, 0.15) is 46.1 Å². The molecule has 0 heterocycles. The van der Waals surface area contributed by atoms with Crippen molar-refractivity contribution in [2.45, 2.75) is 53.1 Å². The Morgan fingerprint density at radius 3 is 2.25 bits per heavy atom. The number of amides is 2. The van der Waals surface area contributed by atoms with Crippen molar-refractivity contribution in [2.75, 3.05) is 6.54 Å². The largest absolute Gasteiger partial charge is 0.354 e. The molecular weight excluding hydrogens is 347 g/mol. The number of carbonyl (C=O) groups excluding carboxylic acids is 2. The Morgan fingerprint density at radius 1 is 1.17 bits per heavy atom.